The second-order valence-corrected chi connectivity index (χ2v) is 39.8. The van der Waals surface area contributed by atoms with Gasteiger partial charge in [-0.25, -0.2) is 15.0 Å². The molecule has 0 radical (unpaired) electrons. The van der Waals surface area contributed by atoms with Gasteiger partial charge >= 0.3 is 0 Å². The van der Waals surface area contributed by atoms with Gasteiger partial charge < -0.3 is 19.1 Å². The smallest absolute Gasteiger partial charge is 0.192 e. The lowest BCUT2D eigenvalue weighted by Crippen LogP contribution is -2.41. The Kier molecular flexibility index (Phi) is 26.9. The van der Waals surface area contributed by atoms with E-state index in [1.807, 2.05) is 48.8 Å². The van der Waals surface area contributed by atoms with E-state index >= 15 is 0 Å². The molecule has 4 rings (SSSR count). The number of aliphatic hydroxyl groups excluding tert-OH is 2. The Hall–Kier alpha value is -0.699. The maximum absolute atomic E-state index is 9.06. The minimum atomic E-state index is -1.75. The van der Waals surface area contributed by atoms with Gasteiger partial charge in [-0.1, -0.05) is 93.6 Å². The van der Waals surface area contributed by atoms with Crippen LogP contribution in [0.1, 0.15) is 124 Å². The summed E-state index contributed by atoms with van der Waals surface area (Å²) in [6.07, 6.45) is 7.48. The maximum atomic E-state index is 9.06. The molecule has 0 aliphatic carbocycles. The number of hydrogen-bond acceptors (Lipinski definition) is 8. The van der Waals surface area contributed by atoms with Gasteiger partial charge in [-0.3, -0.25) is 4.98 Å². The predicted molar refractivity (Wildman–Crippen MR) is 286 cm³/mol. The molecule has 0 aromatic carbocycles. The Morgan fingerprint density at radius 3 is 1.13 bits per heavy atom. The van der Waals surface area contributed by atoms with E-state index in [0.29, 0.717) is 11.5 Å². The number of nitrogens with zero attached hydrogens (tertiary/aromatic N) is 4. The van der Waals surface area contributed by atoms with Gasteiger partial charge in [-0.15, -0.1) is 0 Å². The van der Waals surface area contributed by atoms with Gasteiger partial charge in [0.25, 0.3) is 0 Å². The number of aromatic nitrogens is 4. The van der Waals surface area contributed by atoms with Crippen molar-refractivity contribution in [1.82, 2.24) is 19.9 Å². The molecule has 0 aliphatic heterocycles. The zero-order valence-electron chi connectivity index (χ0n) is 40.5. The summed E-state index contributed by atoms with van der Waals surface area (Å²) in [5.41, 5.74) is 4.00. The zero-order valence-corrected chi connectivity index (χ0v) is 50.6. The van der Waals surface area contributed by atoms with Gasteiger partial charge in [0.2, 0.25) is 0 Å². The summed E-state index contributed by atoms with van der Waals surface area (Å²) in [4.78, 5) is 16.5. The molecule has 0 aliphatic rings. The molecule has 2 N–H and O–H groups in total. The van der Waals surface area contributed by atoms with Crippen molar-refractivity contribution in [2.75, 3.05) is 6.61 Å². The van der Waals surface area contributed by atoms with Crippen LogP contribution in [0.25, 0.3) is 0 Å². The summed E-state index contributed by atoms with van der Waals surface area (Å²) in [6, 6.07) is 15.5. The number of halogens is 5. The number of rotatable bonds is 9. The minimum Gasteiger partial charge on any atom is -0.410 e. The van der Waals surface area contributed by atoms with E-state index in [9.17, 15) is 0 Å². The molecule has 3 unspecified atom stereocenters. The first kappa shape index (κ1) is 61.3. The third-order valence-electron chi connectivity index (χ3n) is 11.2. The SMILES string of the molecule is Brc1ccc(Br)nc1.CC(C)(C)[Si](C)(C)Cl.CC(O)c1ccc(Br)nc1.CC(O[Si](C)(C)C(C)(C)C)c1ccc(Br)nc1.CC(O[Si](C)(C)C(C)(C)C)c1ccc(CCO)nc1. The summed E-state index contributed by atoms with van der Waals surface area (Å²) in [6.45, 7) is 39.6. The van der Waals surface area contributed by atoms with E-state index in [-0.39, 0.29) is 28.9 Å². The first-order valence-corrected chi connectivity index (χ1v) is 33.8. The average Bonchev–Trinajstić information content (AvgIpc) is 3.13. The molecule has 16 heteroatoms. The van der Waals surface area contributed by atoms with E-state index in [0.717, 1.165) is 40.7 Å². The van der Waals surface area contributed by atoms with E-state index in [2.05, 4.69) is 211 Å². The molecule has 4 heterocycles. The molecule has 0 amide bonds. The van der Waals surface area contributed by atoms with Crippen LogP contribution in [0.3, 0.4) is 0 Å². The van der Waals surface area contributed by atoms with Gasteiger partial charge in [0.05, 0.1) is 18.3 Å². The quantitative estimate of drug-likeness (QED) is 0.0969. The lowest BCUT2D eigenvalue weighted by Gasteiger charge is -2.38. The lowest BCUT2D eigenvalue weighted by atomic mass is 10.1. The van der Waals surface area contributed by atoms with Crippen molar-refractivity contribution in [3.63, 3.8) is 0 Å². The van der Waals surface area contributed by atoms with Crippen molar-refractivity contribution < 1.29 is 19.1 Å². The Morgan fingerprint density at radius 1 is 0.548 bits per heavy atom. The van der Waals surface area contributed by atoms with Crippen molar-refractivity contribution in [1.29, 1.82) is 0 Å². The van der Waals surface area contributed by atoms with Crippen molar-refractivity contribution in [2.24, 2.45) is 0 Å². The molecule has 0 bridgehead atoms. The normalized spacial score (nSPS) is 13.6. The second kappa shape index (κ2) is 27.2. The van der Waals surface area contributed by atoms with Gasteiger partial charge in [0.1, 0.15) is 13.8 Å². The number of aliphatic hydroxyl groups is 2. The molecule has 62 heavy (non-hydrogen) atoms. The third kappa shape index (κ3) is 24.2. The van der Waals surface area contributed by atoms with Crippen LogP contribution < -0.4 is 0 Å². The van der Waals surface area contributed by atoms with E-state index < -0.39 is 30.1 Å². The van der Waals surface area contributed by atoms with E-state index in [1.54, 1.807) is 19.3 Å². The summed E-state index contributed by atoms with van der Waals surface area (Å²) in [5, 5.41) is 18.7. The highest BCUT2D eigenvalue weighted by Gasteiger charge is 2.39. The van der Waals surface area contributed by atoms with Gasteiger partial charge in [-0.05, 0) is 173 Å². The summed E-state index contributed by atoms with van der Waals surface area (Å²) >= 11 is 19.2. The number of hydrogen-bond donors (Lipinski definition) is 2. The third-order valence-corrected chi connectivity index (χ3v) is 27.4. The zero-order chi connectivity index (χ0) is 48.5. The first-order chi connectivity index (χ1) is 28.0. The van der Waals surface area contributed by atoms with Crippen molar-refractivity contribution in [3.8, 4) is 0 Å². The molecule has 0 saturated carbocycles. The van der Waals surface area contributed by atoms with Crippen LogP contribution in [0, 0.1) is 0 Å². The summed E-state index contributed by atoms with van der Waals surface area (Å²) in [5.74, 6) is 0. The average molecular weight is 1190 g/mol. The summed E-state index contributed by atoms with van der Waals surface area (Å²) < 4.78 is 16.2. The largest absolute Gasteiger partial charge is 0.410 e. The molecule has 8 nitrogen and oxygen atoms in total. The maximum Gasteiger partial charge on any atom is 0.192 e. The molecule has 4 aromatic rings. The van der Waals surface area contributed by atoms with Crippen molar-refractivity contribution in [3.05, 3.63) is 114 Å². The highest BCUT2D eigenvalue weighted by atomic mass is 79.9. The fourth-order valence-electron chi connectivity index (χ4n) is 3.93. The van der Waals surface area contributed by atoms with Crippen LogP contribution >= 0.6 is 74.8 Å². The Bertz CT molecular complexity index is 1800. The minimum absolute atomic E-state index is 0.0663. The lowest BCUT2D eigenvalue weighted by molar-refractivity contribution is 0.199. The molecule has 0 spiro atoms. The van der Waals surface area contributed by atoms with Crippen LogP contribution in [0.4, 0.5) is 0 Å². The van der Waals surface area contributed by atoms with Crippen LogP contribution in [0.2, 0.25) is 54.4 Å². The Morgan fingerprint density at radius 2 is 0.887 bits per heavy atom. The fraction of sp³-hybridized carbons (Fsp3) is 0.565. The topological polar surface area (TPSA) is 110 Å². The van der Waals surface area contributed by atoms with Gasteiger partial charge in [0.15, 0.2) is 24.0 Å². The molecular formula is C46H75Br4ClN4O4Si3. The van der Waals surface area contributed by atoms with Crippen LogP contribution in [-0.2, 0) is 15.3 Å². The van der Waals surface area contributed by atoms with Crippen LogP contribution in [0.15, 0.2) is 91.6 Å². The van der Waals surface area contributed by atoms with Gasteiger partial charge in [-0.2, -0.15) is 11.1 Å². The number of pyridine rings is 4. The molecular weight excluding hydrogens is 1110 g/mol. The van der Waals surface area contributed by atoms with E-state index in [4.69, 9.17) is 30.1 Å². The molecule has 0 fully saturated rings. The predicted octanol–water partition coefficient (Wildman–Crippen LogP) is 16.4. The molecule has 4 aromatic heterocycles. The monoisotopic (exact) mass is 1180 g/mol. The molecule has 3 atom stereocenters. The molecule has 0 saturated heterocycles. The highest BCUT2D eigenvalue weighted by molar-refractivity contribution is 9.11. The summed E-state index contributed by atoms with van der Waals surface area (Å²) in [7, 11) is -4.84. The van der Waals surface area contributed by atoms with Crippen molar-refractivity contribution in [2.45, 2.75) is 162 Å². The van der Waals surface area contributed by atoms with E-state index in [1.165, 1.54) is 0 Å². The second-order valence-electron chi connectivity index (χ2n) is 19.6. The Balaban J connectivity index is 0.000000787. The van der Waals surface area contributed by atoms with Crippen LogP contribution in [0.5, 0.6) is 0 Å². The van der Waals surface area contributed by atoms with Gasteiger partial charge in [0, 0.05) is 48.0 Å². The standard InChI is InChI=1S/C15H27NO2Si.C13H22BrNOSi.C7H8BrNO.C6H15ClSi.C5H3Br2N/c1-12(18-19(5,6)15(2,3)4)13-7-8-14(9-10-17)16-11-13;1-10(11-7-8-12(14)15-9-11)16-17(5,6)13(2,3)4;1-5(10)6-2-3-7(8)9-4-6;1-6(2,3)8(4,5)7;6-4-1-2-5(7)8-3-4/h7-8,11-12,17H,9-10H2,1-6H3;7-10H,1-6H3;2-5,10H,1H3;1-5H3;1-3H. The first-order valence-electron chi connectivity index (χ1n) is 20.8. The molecule has 350 valence electrons. The van der Waals surface area contributed by atoms with Crippen molar-refractivity contribution >= 4 is 98.8 Å². The fourth-order valence-corrected chi connectivity index (χ4v) is 7.62. The highest BCUT2D eigenvalue weighted by Crippen LogP contribution is 2.41. The Labute approximate surface area is 417 Å². The van der Waals surface area contributed by atoms with Crippen LogP contribution in [-0.4, -0.2) is 60.8 Å².